The minimum Gasteiger partial charge on any atom is -0.252 e. The molecule has 146 valence electrons. The van der Waals surface area contributed by atoms with Gasteiger partial charge >= 0.3 is 0 Å². The van der Waals surface area contributed by atoms with Gasteiger partial charge in [-0.05, 0) is 35.4 Å². The fourth-order valence-electron chi connectivity index (χ4n) is 3.19. The van der Waals surface area contributed by atoms with Crippen LogP contribution in [0.15, 0.2) is 99.3 Å². The Morgan fingerprint density at radius 1 is 0.931 bits per heavy atom. The van der Waals surface area contributed by atoms with Crippen LogP contribution < -0.4 is 0 Å². The van der Waals surface area contributed by atoms with Crippen LogP contribution in [0.3, 0.4) is 0 Å². The highest BCUT2D eigenvalue weighted by molar-refractivity contribution is 7.90. The molecule has 3 aromatic rings. The van der Waals surface area contributed by atoms with Crippen molar-refractivity contribution in [3.63, 3.8) is 0 Å². The number of rotatable bonds is 5. The van der Waals surface area contributed by atoms with Gasteiger partial charge in [-0.3, -0.25) is 5.01 Å². The topological polar surface area (TPSA) is 62.1 Å². The van der Waals surface area contributed by atoms with Gasteiger partial charge in [0.15, 0.2) is 0 Å². The first kappa shape index (κ1) is 19.4. The van der Waals surface area contributed by atoms with E-state index in [2.05, 4.69) is 9.50 Å². The van der Waals surface area contributed by atoms with Gasteiger partial charge in [-0.1, -0.05) is 72.3 Å². The molecular formula is C22H18ClN3O2S. The Morgan fingerprint density at radius 3 is 2.21 bits per heavy atom. The Labute approximate surface area is 175 Å². The van der Waals surface area contributed by atoms with Crippen LogP contribution >= 0.6 is 11.6 Å². The summed E-state index contributed by atoms with van der Waals surface area (Å²) in [6.45, 7) is 0.496. The third kappa shape index (κ3) is 4.39. The zero-order valence-corrected chi connectivity index (χ0v) is 17.0. The maximum Gasteiger partial charge on any atom is 0.283 e. The lowest BCUT2D eigenvalue weighted by atomic mass is 9.91. The van der Waals surface area contributed by atoms with Crippen LogP contribution in [0.1, 0.15) is 17.0 Å². The van der Waals surface area contributed by atoms with E-state index in [0.717, 1.165) is 16.8 Å². The molecule has 0 radical (unpaired) electrons. The zero-order valence-electron chi connectivity index (χ0n) is 15.4. The van der Waals surface area contributed by atoms with Gasteiger partial charge in [-0.2, -0.15) is 13.5 Å². The summed E-state index contributed by atoms with van der Waals surface area (Å²) in [5.41, 5.74) is 2.88. The van der Waals surface area contributed by atoms with Crippen LogP contribution in [0.4, 0.5) is 0 Å². The molecule has 0 aromatic heterocycles. The number of hydrazone groups is 1. The lowest BCUT2D eigenvalue weighted by molar-refractivity contribution is 0.489. The first-order valence-corrected chi connectivity index (χ1v) is 10.9. The monoisotopic (exact) mass is 423 g/mol. The second kappa shape index (κ2) is 8.19. The summed E-state index contributed by atoms with van der Waals surface area (Å²) in [6, 6.07) is 25.6. The number of hydrogen-bond acceptors (Lipinski definition) is 3. The van der Waals surface area contributed by atoms with Crippen LogP contribution in [0.2, 0.25) is 5.02 Å². The van der Waals surface area contributed by atoms with Gasteiger partial charge in [-0.15, -0.1) is 4.40 Å². The normalized spacial score (nSPS) is 16.9. The van der Waals surface area contributed by atoms with Crippen LogP contribution in [-0.4, -0.2) is 32.0 Å². The van der Waals surface area contributed by atoms with Crippen molar-refractivity contribution in [1.82, 2.24) is 5.01 Å². The summed E-state index contributed by atoms with van der Waals surface area (Å²) in [7, 11) is -3.78. The van der Waals surface area contributed by atoms with Crippen LogP contribution in [0, 0.1) is 0 Å². The van der Waals surface area contributed by atoms with E-state index in [1.165, 1.54) is 18.5 Å². The standard InChI is InChI=1S/C22H18ClN3O2S/c23-19-13-11-18(12-14-19)22-21(17-7-3-1-4-8-17)15-26(25-22)16-24-29(27,28)20-9-5-2-6-10-20/h1-14,16,21H,15H2/b24-16+/t21-/m0/s1. The Bertz CT molecular complexity index is 1150. The summed E-state index contributed by atoms with van der Waals surface area (Å²) in [5, 5.41) is 6.86. The van der Waals surface area contributed by atoms with E-state index in [1.807, 2.05) is 54.6 Å². The molecule has 5 nitrogen and oxygen atoms in total. The minimum atomic E-state index is -3.78. The fourth-order valence-corrected chi connectivity index (χ4v) is 4.18. The first-order valence-electron chi connectivity index (χ1n) is 9.04. The van der Waals surface area contributed by atoms with Crippen molar-refractivity contribution in [2.24, 2.45) is 9.50 Å². The number of benzene rings is 3. The van der Waals surface area contributed by atoms with Gasteiger partial charge in [0.05, 0.1) is 17.2 Å². The molecule has 0 unspecified atom stereocenters. The minimum absolute atomic E-state index is 0.0109. The van der Waals surface area contributed by atoms with Crippen LogP contribution in [0.5, 0.6) is 0 Å². The highest BCUT2D eigenvalue weighted by Crippen LogP contribution is 2.28. The molecule has 0 N–H and O–H groups in total. The Hall–Kier alpha value is -2.96. The number of halogens is 1. The molecule has 1 aliphatic rings. The second-order valence-corrected chi connectivity index (χ2v) is 8.66. The van der Waals surface area contributed by atoms with Gasteiger partial charge in [0.1, 0.15) is 6.34 Å². The Kier molecular flexibility index (Phi) is 5.47. The highest BCUT2D eigenvalue weighted by Gasteiger charge is 2.29. The molecule has 0 amide bonds. The van der Waals surface area contributed by atoms with Crippen molar-refractivity contribution in [2.45, 2.75) is 10.8 Å². The molecular weight excluding hydrogens is 406 g/mol. The molecule has 0 fully saturated rings. The molecule has 7 heteroatoms. The van der Waals surface area contributed by atoms with Gasteiger partial charge < -0.3 is 0 Å². The van der Waals surface area contributed by atoms with Crippen molar-refractivity contribution in [2.75, 3.05) is 6.54 Å². The third-order valence-electron chi connectivity index (χ3n) is 4.64. The molecule has 0 aliphatic carbocycles. The molecule has 0 bridgehead atoms. The summed E-state index contributed by atoms with van der Waals surface area (Å²) < 4.78 is 28.7. The van der Waals surface area contributed by atoms with Crippen molar-refractivity contribution in [3.8, 4) is 0 Å². The first-order chi connectivity index (χ1) is 14.0. The Morgan fingerprint density at radius 2 is 1.55 bits per heavy atom. The predicted molar refractivity (Wildman–Crippen MR) is 116 cm³/mol. The fraction of sp³-hybridized carbons (Fsp3) is 0.0909. The van der Waals surface area contributed by atoms with E-state index in [-0.39, 0.29) is 10.8 Å². The maximum atomic E-state index is 12.4. The van der Waals surface area contributed by atoms with E-state index < -0.39 is 10.0 Å². The molecule has 4 rings (SSSR count). The van der Waals surface area contributed by atoms with Crippen molar-refractivity contribution >= 4 is 33.7 Å². The average Bonchev–Trinajstić information content (AvgIpc) is 3.19. The predicted octanol–water partition coefficient (Wildman–Crippen LogP) is 4.56. The van der Waals surface area contributed by atoms with E-state index in [1.54, 1.807) is 23.2 Å². The molecule has 3 aromatic carbocycles. The van der Waals surface area contributed by atoms with Crippen molar-refractivity contribution in [1.29, 1.82) is 0 Å². The molecule has 0 spiro atoms. The van der Waals surface area contributed by atoms with Gasteiger partial charge in [0.25, 0.3) is 10.0 Å². The summed E-state index contributed by atoms with van der Waals surface area (Å²) in [4.78, 5) is 0.150. The largest absolute Gasteiger partial charge is 0.283 e. The quantitative estimate of drug-likeness (QED) is 0.446. The number of nitrogens with zero attached hydrogens (tertiary/aromatic N) is 3. The molecule has 0 saturated carbocycles. The molecule has 1 atom stereocenters. The SMILES string of the molecule is O=S(=O)(/N=C/N1C[C@@H](c2ccccc2)C(c2ccc(Cl)cc2)=N1)c1ccccc1. The van der Waals surface area contributed by atoms with Crippen LogP contribution in [0.25, 0.3) is 0 Å². The van der Waals surface area contributed by atoms with Gasteiger partial charge in [0, 0.05) is 10.9 Å². The average molecular weight is 424 g/mol. The maximum absolute atomic E-state index is 12.4. The Balaban J connectivity index is 1.65. The lowest BCUT2D eigenvalue weighted by Gasteiger charge is -2.13. The number of hydrogen-bond donors (Lipinski definition) is 0. The zero-order chi connectivity index (χ0) is 20.3. The van der Waals surface area contributed by atoms with Crippen molar-refractivity contribution in [3.05, 3.63) is 101 Å². The highest BCUT2D eigenvalue weighted by atomic mass is 35.5. The molecule has 29 heavy (non-hydrogen) atoms. The lowest BCUT2D eigenvalue weighted by Crippen LogP contribution is -2.18. The van der Waals surface area contributed by atoms with Crippen molar-refractivity contribution < 1.29 is 8.42 Å². The molecule has 1 aliphatic heterocycles. The smallest absolute Gasteiger partial charge is 0.252 e. The van der Waals surface area contributed by atoms with Gasteiger partial charge in [-0.25, -0.2) is 0 Å². The second-order valence-electron chi connectivity index (χ2n) is 6.59. The molecule has 1 heterocycles. The number of sulfonamides is 1. The van der Waals surface area contributed by atoms with E-state index in [4.69, 9.17) is 11.6 Å². The van der Waals surface area contributed by atoms with E-state index in [0.29, 0.717) is 11.6 Å². The summed E-state index contributed by atoms with van der Waals surface area (Å²) in [5.74, 6) is -0.0109. The third-order valence-corrected chi connectivity index (χ3v) is 6.13. The molecule has 0 saturated heterocycles. The van der Waals surface area contributed by atoms with Gasteiger partial charge in [0.2, 0.25) is 0 Å². The van der Waals surface area contributed by atoms with E-state index in [9.17, 15) is 8.42 Å². The summed E-state index contributed by atoms with van der Waals surface area (Å²) >= 11 is 6.02. The van der Waals surface area contributed by atoms with Crippen LogP contribution in [-0.2, 0) is 10.0 Å². The van der Waals surface area contributed by atoms with E-state index >= 15 is 0 Å². The summed E-state index contributed by atoms with van der Waals surface area (Å²) in [6.07, 6.45) is 1.28.